The molecule has 28 heavy (non-hydrogen) atoms. The number of hydrogen-bond donors (Lipinski definition) is 2. The molecule has 2 aliphatic heterocycles. The highest BCUT2D eigenvalue weighted by Crippen LogP contribution is 2.46. The highest BCUT2D eigenvalue weighted by molar-refractivity contribution is 8.13. The Morgan fingerprint density at radius 1 is 1.39 bits per heavy atom. The molecule has 0 bridgehead atoms. The molecule has 0 aliphatic carbocycles. The first-order valence-corrected chi connectivity index (χ1v) is 9.99. The minimum atomic E-state index is -0.796. The van der Waals surface area contributed by atoms with E-state index in [9.17, 15) is 9.18 Å². The second-order valence-electron chi connectivity index (χ2n) is 6.58. The normalized spacial score (nSPS) is 24.2. The van der Waals surface area contributed by atoms with Crippen molar-refractivity contribution < 1.29 is 13.9 Å². The number of rotatable bonds is 3. The van der Waals surface area contributed by atoms with Gasteiger partial charge in [-0.2, -0.15) is 0 Å². The summed E-state index contributed by atoms with van der Waals surface area (Å²) in [6.45, 7) is 0.949. The zero-order valence-corrected chi connectivity index (χ0v) is 16.3. The van der Waals surface area contributed by atoms with Crippen molar-refractivity contribution in [2.45, 2.75) is 12.0 Å². The molecule has 4 rings (SSSR count). The van der Waals surface area contributed by atoms with Crippen LogP contribution in [-0.2, 0) is 10.3 Å². The molecular weight excluding hydrogens is 405 g/mol. The van der Waals surface area contributed by atoms with Gasteiger partial charge in [0.1, 0.15) is 5.82 Å². The lowest BCUT2D eigenvalue weighted by Crippen LogP contribution is -2.47. The number of halogens is 2. The predicted molar refractivity (Wildman–Crippen MR) is 106 cm³/mol. The fraction of sp³-hybridized carbons (Fsp3) is 0.333. The lowest BCUT2D eigenvalue weighted by molar-refractivity contribution is 0.00886. The summed E-state index contributed by atoms with van der Waals surface area (Å²) in [5, 5.41) is 3.46. The van der Waals surface area contributed by atoms with Crippen LogP contribution in [0.25, 0.3) is 0 Å². The molecule has 0 spiro atoms. The van der Waals surface area contributed by atoms with Gasteiger partial charge >= 0.3 is 0 Å². The lowest BCUT2D eigenvalue weighted by Gasteiger charge is -2.44. The standard InChI is InChI=1S/C18H17ClFN5O2S/c19-11-6-22-15(23-7-11)16(26)24-12-1-2-14(20)13(5-12)18-3-4-27-8-10(18)9-28-17(21)25-18/h1-2,5-7,10H,3-4,8-9H2,(H2,21,25)(H,24,26). The zero-order chi connectivity index (χ0) is 19.7. The van der Waals surface area contributed by atoms with Crippen LogP contribution in [0.1, 0.15) is 22.6 Å². The Hall–Kier alpha value is -2.23. The number of anilines is 1. The van der Waals surface area contributed by atoms with Crippen molar-refractivity contribution in [2.75, 3.05) is 24.3 Å². The van der Waals surface area contributed by atoms with Crippen LogP contribution in [0.15, 0.2) is 35.6 Å². The molecule has 2 aromatic rings. The molecule has 10 heteroatoms. The summed E-state index contributed by atoms with van der Waals surface area (Å²) in [5.41, 5.74) is 6.00. The van der Waals surface area contributed by atoms with Crippen LogP contribution in [0.3, 0.4) is 0 Å². The number of thioether (sulfide) groups is 1. The summed E-state index contributed by atoms with van der Waals surface area (Å²) >= 11 is 7.19. The van der Waals surface area contributed by atoms with Gasteiger partial charge in [-0.1, -0.05) is 23.4 Å². The van der Waals surface area contributed by atoms with E-state index in [0.717, 1.165) is 0 Å². The summed E-state index contributed by atoms with van der Waals surface area (Å²) in [6, 6.07) is 4.42. The second-order valence-corrected chi connectivity index (χ2v) is 8.06. The maximum Gasteiger partial charge on any atom is 0.293 e. The Labute approximate surface area is 169 Å². The minimum Gasteiger partial charge on any atom is -0.381 e. The Kier molecular flexibility index (Phi) is 5.22. The van der Waals surface area contributed by atoms with Gasteiger partial charge < -0.3 is 15.8 Å². The smallest absolute Gasteiger partial charge is 0.293 e. The number of benzene rings is 1. The summed E-state index contributed by atoms with van der Waals surface area (Å²) < 4.78 is 20.4. The molecule has 2 aliphatic rings. The number of nitrogens with two attached hydrogens (primary N) is 1. The molecule has 1 amide bonds. The monoisotopic (exact) mass is 421 g/mol. The molecule has 3 heterocycles. The van der Waals surface area contributed by atoms with Crippen molar-refractivity contribution in [3.8, 4) is 0 Å². The van der Waals surface area contributed by atoms with E-state index in [1.165, 1.54) is 36.3 Å². The Morgan fingerprint density at radius 3 is 2.96 bits per heavy atom. The topological polar surface area (TPSA) is 102 Å². The van der Waals surface area contributed by atoms with Gasteiger partial charge in [-0.25, -0.2) is 14.4 Å². The van der Waals surface area contributed by atoms with Crippen LogP contribution >= 0.6 is 23.4 Å². The van der Waals surface area contributed by atoms with Crippen molar-refractivity contribution >= 4 is 40.1 Å². The Balaban J connectivity index is 1.68. The van der Waals surface area contributed by atoms with E-state index >= 15 is 0 Å². The molecule has 2 unspecified atom stereocenters. The molecule has 0 radical (unpaired) electrons. The van der Waals surface area contributed by atoms with Gasteiger partial charge in [0.2, 0.25) is 5.82 Å². The van der Waals surface area contributed by atoms with Crippen molar-refractivity contribution in [1.82, 2.24) is 9.97 Å². The van der Waals surface area contributed by atoms with Crippen LogP contribution in [0.2, 0.25) is 5.02 Å². The molecule has 1 fully saturated rings. The second kappa shape index (κ2) is 7.65. The van der Waals surface area contributed by atoms with Crippen molar-refractivity contribution in [2.24, 2.45) is 16.6 Å². The van der Waals surface area contributed by atoms with Crippen LogP contribution in [0, 0.1) is 11.7 Å². The van der Waals surface area contributed by atoms with Crippen molar-refractivity contribution in [1.29, 1.82) is 0 Å². The number of carbonyl (C=O) groups excluding carboxylic acids is 1. The van der Waals surface area contributed by atoms with Gasteiger partial charge in [0, 0.05) is 48.3 Å². The number of amides is 1. The van der Waals surface area contributed by atoms with Crippen LogP contribution < -0.4 is 11.1 Å². The Morgan fingerprint density at radius 2 is 2.18 bits per heavy atom. The first-order chi connectivity index (χ1) is 13.5. The first kappa shape index (κ1) is 19.1. The number of amidine groups is 1. The number of nitrogens with zero attached hydrogens (tertiary/aromatic N) is 3. The summed E-state index contributed by atoms with van der Waals surface area (Å²) in [7, 11) is 0. The van der Waals surface area contributed by atoms with Gasteiger partial charge in [-0.15, -0.1) is 0 Å². The molecule has 146 valence electrons. The fourth-order valence-corrected chi connectivity index (χ4v) is 4.58. The third kappa shape index (κ3) is 3.57. The largest absolute Gasteiger partial charge is 0.381 e. The van der Waals surface area contributed by atoms with Crippen LogP contribution in [0.5, 0.6) is 0 Å². The third-order valence-corrected chi connectivity index (χ3v) is 6.03. The van der Waals surface area contributed by atoms with Gasteiger partial charge in [0.05, 0.1) is 17.2 Å². The minimum absolute atomic E-state index is 0.00130. The highest BCUT2D eigenvalue weighted by Gasteiger charge is 2.47. The number of aromatic nitrogens is 2. The number of fused-ring (bicyclic) bond motifs is 1. The quantitative estimate of drug-likeness (QED) is 0.790. The molecule has 3 N–H and O–H groups in total. The summed E-state index contributed by atoms with van der Waals surface area (Å²) in [5.74, 6) is -0.245. The highest BCUT2D eigenvalue weighted by atomic mass is 35.5. The molecule has 1 aromatic heterocycles. The summed E-state index contributed by atoms with van der Waals surface area (Å²) in [6.07, 6.45) is 3.19. The molecule has 2 atom stereocenters. The molecular formula is C18H17ClFN5O2S. The number of hydrogen-bond acceptors (Lipinski definition) is 7. The number of carbonyl (C=O) groups is 1. The first-order valence-electron chi connectivity index (χ1n) is 8.63. The van der Waals surface area contributed by atoms with Gasteiger partial charge in [-0.05, 0) is 18.2 Å². The van der Waals surface area contributed by atoms with E-state index in [0.29, 0.717) is 46.8 Å². The summed E-state index contributed by atoms with van der Waals surface area (Å²) in [4.78, 5) is 24.8. The van der Waals surface area contributed by atoms with Gasteiger partial charge in [-0.3, -0.25) is 9.79 Å². The SMILES string of the molecule is NC1=NC2(c3cc(NC(=O)c4ncc(Cl)cn4)ccc3F)CCOCC2CS1. The van der Waals surface area contributed by atoms with Crippen molar-refractivity contribution in [3.63, 3.8) is 0 Å². The van der Waals surface area contributed by atoms with Gasteiger partial charge in [0.25, 0.3) is 5.91 Å². The number of aliphatic imine (C=N–C) groups is 1. The van der Waals surface area contributed by atoms with Crippen molar-refractivity contribution in [3.05, 3.63) is 52.8 Å². The average Bonchev–Trinajstić information content (AvgIpc) is 2.69. The molecule has 0 saturated carbocycles. The maximum atomic E-state index is 14.8. The van der Waals surface area contributed by atoms with E-state index < -0.39 is 17.3 Å². The number of ether oxygens (including phenoxy) is 1. The van der Waals surface area contributed by atoms with Crippen LogP contribution in [-0.4, -0.2) is 40.0 Å². The molecule has 7 nitrogen and oxygen atoms in total. The zero-order valence-electron chi connectivity index (χ0n) is 14.7. The van der Waals surface area contributed by atoms with E-state index in [1.807, 2.05) is 0 Å². The van der Waals surface area contributed by atoms with E-state index in [-0.39, 0.29) is 11.7 Å². The van der Waals surface area contributed by atoms with E-state index in [2.05, 4.69) is 20.3 Å². The predicted octanol–water partition coefficient (Wildman–Crippen LogP) is 2.81. The molecule has 1 aromatic carbocycles. The molecule has 1 saturated heterocycles. The maximum absolute atomic E-state index is 14.8. The fourth-order valence-electron chi connectivity index (χ4n) is 3.51. The Bertz CT molecular complexity index is 942. The van der Waals surface area contributed by atoms with Gasteiger partial charge in [0.15, 0.2) is 5.17 Å². The third-order valence-electron chi connectivity index (χ3n) is 4.88. The van der Waals surface area contributed by atoms with E-state index in [1.54, 1.807) is 6.07 Å². The average molecular weight is 422 g/mol. The van der Waals surface area contributed by atoms with E-state index in [4.69, 9.17) is 22.1 Å². The lowest BCUT2D eigenvalue weighted by atomic mass is 9.75. The van der Waals surface area contributed by atoms with Crippen LogP contribution in [0.4, 0.5) is 10.1 Å². The number of nitrogens with one attached hydrogen (secondary N) is 1.